The Morgan fingerprint density at radius 2 is 1.41 bits per heavy atom. The number of fused-ring (bicyclic) bond motifs is 5. The summed E-state index contributed by atoms with van der Waals surface area (Å²) in [7, 11) is 0. The summed E-state index contributed by atoms with van der Waals surface area (Å²) in [5, 5.41) is 42.8. The van der Waals surface area contributed by atoms with E-state index < -0.39 is 24.4 Å². The second-order valence-electron chi connectivity index (χ2n) is 13.4. The molecule has 0 spiro atoms. The minimum Gasteiger partial charge on any atom is -0.390 e. The molecule has 13 atom stereocenters. The fourth-order valence-electron chi connectivity index (χ4n) is 9.43. The van der Waals surface area contributed by atoms with E-state index >= 15 is 0 Å². The van der Waals surface area contributed by atoms with Gasteiger partial charge in [0.05, 0.1) is 24.4 Å². The Morgan fingerprint density at radius 3 is 2.06 bits per heavy atom. The Bertz CT molecular complexity index is 666. The molecule has 4 rings (SSSR count). The van der Waals surface area contributed by atoms with Crippen LogP contribution in [0.15, 0.2) is 0 Å². The maximum absolute atomic E-state index is 11.2. The molecule has 4 fully saturated rings. The van der Waals surface area contributed by atoms with Crippen molar-refractivity contribution in [2.45, 2.75) is 117 Å². The summed E-state index contributed by atoms with van der Waals surface area (Å²) in [6.07, 6.45) is 6.31. The van der Waals surface area contributed by atoms with Gasteiger partial charge in [0.15, 0.2) is 0 Å². The topological polar surface area (TPSA) is 80.9 Å². The lowest BCUT2D eigenvalue weighted by Crippen LogP contribution is -2.57. The van der Waals surface area contributed by atoms with Gasteiger partial charge in [0.1, 0.15) is 0 Å². The van der Waals surface area contributed by atoms with Crippen LogP contribution in [0.25, 0.3) is 0 Å². The third-order valence-electron chi connectivity index (χ3n) is 11.9. The molecule has 4 aliphatic rings. The van der Waals surface area contributed by atoms with Crippen molar-refractivity contribution in [2.24, 2.45) is 58.2 Å². The van der Waals surface area contributed by atoms with E-state index in [9.17, 15) is 20.4 Å². The number of hydrogen-bond donors (Lipinski definition) is 4. The van der Waals surface area contributed by atoms with Crippen molar-refractivity contribution in [3.63, 3.8) is 0 Å². The molecule has 0 amide bonds. The summed E-state index contributed by atoms with van der Waals surface area (Å²) >= 11 is 0. The minimum atomic E-state index is -0.659. The van der Waals surface area contributed by atoms with Gasteiger partial charge in [-0.05, 0) is 110 Å². The summed E-state index contributed by atoms with van der Waals surface area (Å²) in [4.78, 5) is 0. The molecule has 0 saturated heterocycles. The Hall–Kier alpha value is -0.160. The molecule has 0 aliphatic heterocycles. The zero-order valence-corrected chi connectivity index (χ0v) is 21.4. The predicted molar refractivity (Wildman–Crippen MR) is 128 cm³/mol. The number of rotatable bonds is 5. The van der Waals surface area contributed by atoms with Crippen LogP contribution in [0.4, 0.5) is 0 Å². The molecule has 0 heterocycles. The molecule has 0 aromatic heterocycles. The van der Waals surface area contributed by atoms with Crippen LogP contribution in [0, 0.1) is 58.2 Å². The lowest BCUT2D eigenvalue weighted by Gasteiger charge is -2.61. The zero-order chi connectivity index (χ0) is 23.6. The first kappa shape index (κ1) is 24.9. The van der Waals surface area contributed by atoms with E-state index in [1.54, 1.807) is 0 Å². The van der Waals surface area contributed by atoms with Gasteiger partial charge in [-0.3, -0.25) is 0 Å². The quantitative estimate of drug-likeness (QED) is 0.492. The van der Waals surface area contributed by atoms with E-state index in [1.165, 1.54) is 32.1 Å². The Labute approximate surface area is 196 Å². The third kappa shape index (κ3) is 3.80. The van der Waals surface area contributed by atoms with Gasteiger partial charge in [0.2, 0.25) is 0 Å². The van der Waals surface area contributed by atoms with E-state index in [4.69, 9.17) is 0 Å². The van der Waals surface area contributed by atoms with Gasteiger partial charge in [-0.2, -0.15) is 0 Å². The van der Waals surface area contributed by atoms with Gasteiger partial charge in [0, 0.05) is 0 Å². The highest BCUT2D eigenvalue weighted by molar-refractivity contribution is 5.11. The van der Waals surface area contributed by atoms with Crippen LogP contribution >= 0.6 is 0 Å². The standard InChI is InChI=1S/C28H50O4/c1-15(2)16(3)25(31)26(32)17(4)20-9-10-21-19-8-7-18-13-23(29)24(30)14-28(18,6)22(19)11-12-27(20,21)5/h15-26,29-32H,7-14H2,1-6H3/t16-,17+,18?,19?,20-,21?,22?,23+,24-,25-,26-,27-,28+/m1/s1. The summed E-state index contributed by atoms with van der Waals surface area (Å²) in [5.41, 5.74) is 0.382. The van der Waals surface area contributed by atoms with Gasteiger partial charge in [0.25, 0.3) is 0 Å². The van der Waals surface area contributed by atoms with Crippen molar-refractivity contribution < 1.29 is 20.4 Å². The molecular formula is C28H50O4. The van der Waals surface area contributed by atoms with Crippen LogP contribution < -0.4 is 0 Å². The maximum atomic E-state index is 11.2. The predicted octanol–water partition coefficient (Wildman–Crippen LogP) is 4.63. The normalized spacial score (nSPS) is 50.2. The summed E-state index contributed by atoms with van der Waals surface area (Å²) in [5.74, 6) is 3.59. The molecule has 0 aromatic rings. The summed E-state index contributed by atoms with van der Waals surface area (Å²) < 4.78 is 0. The molecule has 0 radical (unpaired) electrons. The first-order valence-corrected chi connectivity index (χ1v) is 13.6. The molecule has 0 bridgehead atoms. The molecule has 4 aliphatic carbocycles. The molecule has 4 N–H and O–H groups in total. The van der Waals surface area contributed by atoms with Crippen molar-refractivity contribution >= 4 is 0 Å². The molecule has 32 heavy (non-hydrogen) atoms. The number of hydrogen-bond acceptors (Lipinski definition) is 4. The Kier molecular flexibility index (Phi) is 6.87. The lowest BCUT2D eigenvalue weighted by atomic mass is 9.44. The molecule has 4 unspecified atom stereocenters. The highest BCUT2D eigenvalue weighted by atomic mass is 16.3. The van der Waals surface area contributed by atoms with Crippen LogP contribution in [-0.4, -0.2) is 44.8 Å². The van der Waals surface area contributed by atoms with E-state index in [1.807, 2.05) is 0 Å². The smallest absolute Gasteiger partial charge is 0.0830 e. The van der Waals surface area contributed by atoms with Crippen molar-refractivity contribution in [3.8, 4) is 0 Å². The summed E-state index contributed by atoms with van der Waals surface area (Å²) in [6, 6.07) is 0. The summed E-state index contributed by atoms with van der Waals surface area (Å²) in [6.45, 7) is 13.4. The van der Waals surface area contributed by atoms with E-state index in [-0.39, 0.29) is 22.7 Å². The van der Waals surface area contributed by atoms with Crippen molar-refractivity contribution in [1.29, 1.82) is 0 Å². The molecule has 4 heteroatoms. The second-order valence-corrected chi connectivity index (χ2v) is 13.4. The fourth-order valence-corrected chi connectivity index (χ4v) is 9.43. The maximum Gasteiger partial charge on any atom is 0.0830 e. The number of aliphatic hydroxyl groups is 4. The van der Waals surface area contributed by atoms with Crippen molar-refractivity contribution in [2.75, 3.05) is 0 Å². The SMILES string of the molecule is CC(C)[C@@H](C)[C@@H](O)[C@H](O)[C@@H](C)[C@H]1CCC2C3CCC4C[C@H](O)[C@H](O)C[C@]4(C)C3CC[C@@]21C. The van der Waals surface area contributed by atoms with Gasteiger partial charge in [-0.1, -0.05) is 41.5 Å². The van der Waals surface area contributed by atoms with Crippen LogP contribution in [0.5, 0.6) is 0 Å². The Morgan fingerprint density at radius 1 is 0.750 bits per heavy atom. The van der Waals surface area contributed by atoms with E-state index in [2.05, 4.69) is 41.5 Å². The lowest BCUT2D eigenvalue weighted by molar-refractivity contribution is -0.163. The molecule has 4 saturated carbocycles. The van der Waals surface area contributed by atoms with E-state index in [0.717, 1.165) is 19.3 Å². The van der Waals surface area contributed by atoms with Crippen LogP contribution in [0.2, 0.25) is 0 Å². The molecule has 4 nitrogen and oxygen atoms in total. The minimum absolute atomic E-state index is 0.0940. The van der Waals surface area contributed by atoms with Gasteiger partial charge in [-0.25, -0.2) is 0 Å². The highest BCUT2D eigenvalue weighted by Crippen LogP contribution is 2.68. The molecule has 186 valence electrons. The van der Waals surface area contributed by atoms with Crippen molar-refractivity contribution in [3.05, 3.63) is 0 Å². The first-order chi connectivity index (χ1) is 14.9. The second kappa shape index (κ2) is 8.81. The van der Waals surface area contributed by atoms with Gasteiger partial charge < -0.3 is 20.4 Å². The Balaban J connectivity index is 1.52. The van der Waals surface area contributed by atoms with Gasteiger partial charge in [-0.15, -0.1) is 0 Å². The number of aliphatic hydroxyl groups excluding tert-OH is 4. The van der Waals surface area contributed by atoms with E-state index in [0.29, 0.717) is 35.5 Å². The third-order valence-corrected chi connectivity index (χ3v) is 11.9. The zero-order valence-electron chi connectivity index (χ0n) is 21.4. The largest absolute Gasteiger partial charge is 0.390 e. The molecular weight excluding hydrogens is 400 g/mol. The van der Waals surface area contributed by atoms with Crippen LogP contribution in [-0.2, 0) is 0 Å². The fraction of sp³-hybridized carbons (Fsp3) is 1.00. The first-order valence-electron chi connectivity index (χ1n) is 13.6. The van der Waals surface area contributed by atoms with Crippen molar-refractivity contribution in [1.82, 2.24) is 0 Å². The molecule has 0 aromatic carbocycles. The monoisotopic (exact) mass is 450 g/mol. The van der Waals surface area contributed by atoms with Gasteiger partial charge >= 0.3 is 0 Å². The average Bonchev–Trinajstić information content (AvgIpc) is 3.09. The van der Waals surface area contributed by atoms with Crippen LogP contribution in [0.3, 0.4) is 0 Å². The van der Waals surface area contributed by atoms with Crippen LogP contribution in [0.1, 0.15) is 92.9 Å². The average molecular weight is 451 g/mol. The highest BCUT2D eigenvalue weighted by Gasteiger charge is 2.62.